The van der Waals surface area contributed by atoms with E-state index in [-0.39, 0.29) is 4.88 Å². The first-order chi connectivity index (χ1) is 7.60. The summed E-state index contributed by atoms with van der Waals surface area (Å²) in [4.78, 5) is 22.5. The summed E-state index contributed by atoms with van der Waals surface area (Å²) in [6.07, 6.45) is 0. The van der Waals surface area contributed by atoms with Crippen LogP contribution in [0.25, 0.3) is 0 Å². The van der Waals surface area contributed by atoms with Crippen LogP contribution in [0.3, 0.4) is 0 Å². The van der Waals surface area contributed by atoms with Gasteiger partial charge in [0.05, 0.1) is 13.7 Å². The van der Waals surface area contributed by atoms with E-state index < -0.39 is 24.5 Å². The number of carbonyl (C=O) groups is 2. The van der Waals surface area contributed by atoms with Gasteiger partial charge in [-0.2, -0.15) is 0 Å². The molecular formula is C9H11NO5S. The first-order valence-corrected chi connectivity index (χ1v) is 5.24. The Kier molecular flexibility index (Phi) is 4.27. The van der Waals surface area contributed by atoms with Gasteiger partial charge in [-0.15, -0.1) is 11.3 Å². The van der Waals surface area contributed by atoms with E-state index in [1.807, 2.05) is 0 Å². The van der Waals surface area contributed by atoms with E-state index in [1.54, 1.807) is 11.4 Å². The second-order valence-corrected chi connectivity index (χ2v) is 3.78. The van der Waals surface area contributed by atoms with Gasteiger partial charge >= 0.3 is 5.97 Å². The van der Waals surface area contributed by atoms with Crippen molar-refractivity contribution in [2.75, 3.05) is 13.7 Å². The van der Waals surface area contributed by atoms with Crippen LogP contribution in [0.4, 0.5) is 0 Å². The molecule has 88 valence electrons. The summed E-state index contributed by atoms with van der Waals surface area (Å²) in [5.74, 6) is -1.48. The van der Waals surface area contributed by atoms with E-state index in [4.69, 9.17) is 14.9 Å². The van der Waals surface area contributed by atoms with Crippen LogP contribution in [0.5, 0.6) is 5.75 Å². The zero-order valence-electron chi connectivity index (χ0n) is 8.47. The van der Waals surface area contributed by atoms with Gasteiger partial charge in [0, 0.05) is 0 Å². The second kappa shape index (κ2) is 5.47. The normalized spacial score (nSPS) is 11.9. The number of amides is 1. The lowest BCUT2D eigenvalue weighted by atomic mass is 10.3. The number of rotatable bonds is 5. The quantitative estimate of drug-likeness (QED) is 0.675. The van der Waals surface area contributed by atoms with Crippen molar-refractivity contribution in [1.82, 2.24) is 5.32 Å². The third-order valence-electron chi connectivity index (χ3n) is 1.84. The molecule has 1 rings (SSSR count). The van der Waals surface area contributed by atoms with Crippen LogP contribution >= 0.6 is 11.3 Å². The first-order valence-electron chi connectivity index (χ1n) is 4.36. The van der Waals surface area contributed by atoms with Crippen molar-refractivity contribution in [3.05, 3.63) is 16.3 Å². The summed E-state index contributed by atoms with van der Waals surface area (Å²) in [6.45, 7) is -0.658. The molecule has 0 aliphatic carbocycles. The lowest BCUT2D eigenvalue weighted by molar-refractivity contribution is -0.140. The van der Waals surface area contributed by atoms with Crippen LogP contribution in [0.15, 0.2) is 11.4 Å². The van der Waals surface area contributed by atoms with Crippen LogP contribution in [-0.4, -0.2) is 41.8 Å². The van der Waals surface area contributed by atoms with Crippen LogP contribution in [-0.2, 0) is 4.79 Å². The summed E-state index contributed by atoms with van der Waals surface area (Å²) in [7, 11) is 1.42. The minimum atomic E-state index is -1.31. The maximum Gasteiger partial charge on any atom is 0.328 e. The number of carboxylic acid groups (broad SMARTS) is 1. The number of ether oxygens (including phenoxy) is 1. The number of aliphatic hydroxyl groups excluding tert-OH is 1. The van der Waals surface area contributed by atoms with Gasteiger partial charge in [0.15, 0.2) is 6.04 Å². The molecule has 1 aromatic heterocycles. The molecule has 1 amide bonds. The average molecular weight is 245 g/mol. The molecular weight excluding hydrogens is 234 g/mol. The van der Waals surface area contributed by atoms with E-state index >= 15 is 0 Å². The number of hydrogen-bond acceptors (Lipinski definition) is 5. The Bertz CT molecular complexity index is 389. The van der Waals surface area contributed by atoms with E-state index in [9.17, 15) is 9.59 Å². The van der Waals surface area contributed by atoms with Crippen LogP contribution in [0.2, 0.25) is 0 Å². The Morgan fingerprint density at radius 3 is 2.81 bits per heavy atom. The van der Waals surface area contributed by atoms with Gasteiger partial charge in [0.2, 0.25) is 0 Å². The molecule has 1 aromatic rings. The molecule has 1 atom stereocenters. The molecule has 0 spiro atoms. The molecule has 1 unspecified atom stereocenters. The van der Waals surface area contributed by atoms with Crippen molar-refractivity contribution >= 4 is 23.2 Å². The number of carboxylic acids is 1. The van der Waals surface area contributed by atoms with Gasteiger partial charge in [-0.3, -0.25) is 4.79 Å². The molecule has 0 aliphatic rings. The van der Waals surface area contributed by atoms with Gasteiger partial charge in [-0.1, -0.05) is 0 Å². The van der Waals surface area contributed by atoms with Gasteiger partial charge in [0.25, 0.3) is 5.91 Å². The van der Waals surface area contributed by atoms with E-state index in [0.29, 0.717) is 5.75 Å². The van der Waals surface area contributed by atoms with E-state index in [2.05, 4.69) is 5.32 Å². The highest BCUT2D eigenvalue weighted by Gasteiger charge is 2.22. The highest BCUT2D eigenvalue weighted by atomic mass is 32.1. The van der Waals surface area contributed by atoms with Gasteiger partial charge in [0.1, 0.15) is 10.6 Å². The molecule has 0 saturated heterocycles. The summed E-state index contributed by atoms with van der Waals surface area (Å²) >= 11 is 1.13. The topological polar surface area (TPSA) is 95.9 Å². The molecule has 0 aromatic carbocycles. The highest BCUT2D eigenvalue weighted by molar-refractivity contribution is 7.12. The van der Waals surface area contributed by atoms with Gasteiger partial charge in [-0.05, 0) is 11.4 Å². The summed E-state index contributed by atoms with van der Waals surface area (Å²) in [6, 6.07) is 0.299. The van der Waals surface area contributed by atoms with E-state index in [0.717, 1.165) is 11.3 Å². The highest BCUT2D eigenvalue weighted by Crippen LogP contribution is 2.24. The molecule has 0 bridgehead atoms. The van der Waals surface area contributed by atoms with Crippen LogP contribution in [0.1, 0.15) is 9.67 Å². The SMILES string of the molecule is COc1ccsc1C(=O)NC(CO)C(=O)O. The second-order valence-electron chi connectivity index (χ2n) is 2.86. The number of aliphatic hydroxyl groups is 1. The lowest BCUT2D eigenvalue weighted by Gasteiger charge is -2.11. The third-order valence-corrected chi connectivity index (χ3v) is 2.74. The Morgan fingerprint density at radius 2 is 2.31 bits per heavy atom. The van der Waals surface area contributed by atoms with Crippen molar-refractivity contribution in [3.8, 4) is 5.75 Å². The smallest absolute Gasteiger partial charge is 0.328 e. The largest absolute Gasteiger partial charge is 0.495 e. The molecule has 6 nitrogen and oxygen atoms in total. The average Bonchev–Trinajstić information content (AvgIpc) is 2.72. The maximum atomic E-state index is 11.6. The number of thiophene rings is 1. The summed E-state index contributed by atoms with van der Waals surface area (Å²) in [5.41, 5.74) is 0. The number of carbonyl (C=O) groups excluding carboxylic acids is 1. The number of methoxy groups -OCH3 is 1. The molecule has 0 fully saturated rings. The predicted molar refractivity (Wildman–Crippen MR) is 56.8 cm³/mol. The van der Waals surface area contributed by atoms with E-state index in [1.165, 1.54) is 7.11 Å². The Hall–Kier alpha value is -1.60. The number of aliphatic carboxylic acids is 1. The molecule has 0 aliphatic heterocycles. The Balaban J connectivity index is 2.75. The molecule has 3 N–H and O–H groups in total. The zero-order valence-corrected chi connectivity index (χ0v) is 9.28. The van der Waals surface area contributed by atoms with Crippen molar-refractivity contribution < 1.29 is 24.5 Å². The molecule has 0 radical (unpaired) electrons. The van der Waals surface area contributed by atoms with Crippen molar-refractivity contribution in [3.63, 3.8) is 0 Å². The molecule has 1 heterocycles. The number of nitrogens with one attached hydrogen (secondary N) is 1. The van der Waals surface area contributed by atoms with Crippen molar-refractivity contribution in [2.24, 2.45) is 0 Å². The Morgan fingerprint density at radius 1 is 1.62 bits per heavy atom. The Labute approximate surface area is 95.5 Å². The monoisotopic (exact) mass is 245 g/mol. The van der Waals surface area contributed by atoms with Crippen LogP contribution < -0.4 is 10.1 Å². The molecule has 0 saturated carbocycles. The summed E-state index contributed by atoms with van der Waals surface area (Å²) in [5, 5.41) is 21.2. The van der Waals surface area contributed by atoms with Gasteiger partial charge < -0.3 is 20.3 Å². The molecule has 7 heteroatoms. The lowest BCUT2D eigenvalue weighted by Crippen LogP contribution is -2.43. The van der Waals surface area contributed by atoms with Gasteiger partial charge in [-0.25, -0.2) is 4.79 Å². The maximum absolute atomic E-state index is 11.6. The fourth-order valence-corrected chi connectivity index (χ4v) is 1.79. The van der Waals surface area contributed by atoms with Crippen molar-refractivity contribution in [1.29, 1.82) is 0 Å². The summed E-state index contributed by atoms with van der Waals surface area (Å²) < 4.78 is 4.92. The standard InChI is InChI=1S/C9H11NO5S/c1-15-6-2-3-16-7(6)8(12)10-5(4-11)9(13)14/h2-3,5,11H,4H2,1H3,(H,10,12)(H,13,14). The number of hydrogen-bond donors (Lipinski definition) is 3. The first kappa shape index (κ1) is 12.5. The van der Waals surface area contributed by atoms with Crippen LogP contribution in [0, 0.1) is 0 Å². The van der Waals surface area contributed by atoms with Crippen molar-refractivity contribution in [2.45, 2.75) is 6.04 Å². The minimum Gasteiger partial charge on any atom is -0.495 e. The molecule has 16 heavy (non-hydrogen) atoms. The fraction of sp³-hybridized carbons (Fsp3) is 0.333. The zero-order chi connectivity index (χ0) is 12.1. The predicted octanol–water partition coefficient (Wildman–Crippen LogP) is -0.0680. The minimum absolute atomic E-state index is 0.280. The third kappa shape index (κ3) is 2.71. The fourth-order valence-electron chi connectivity index (χ4n) is 1.03.